The summed E-state index contributed by atoms with van der Waals surface area (Å²) in [6, 6.07) is 2.56. The van der Waals surface area contributed by atoms with Crippen LogP contribution in [0.4, 0.5) is 4.79 Å². The number of ether oxygens (including phenoxy) is 1. The second-order valence-electron chi connectivity index (χ2n) is 6.08. The minimum Gasteiger partial charge on any atom is -0.480 e. The first-order chi connectivity index (χ1) is 10.6. The molecule has 1 atom stereocenters. The molecule has 8 heteroatoms. The fourth-order valence-corrected chi connectivity index (χ4v) is 2.29. The highest BCUT2D eigenvalue weighted by molar-refractivity contribution is 9.10. The number of carboxylic acid groups (broad SMARTS) is 1. The number of nitrogens with one attached hydrogen (secondary N) is 1. The van der Waals surface area contributed by atoms with Gasteiger partial charge >= 0.3 is 12.1 Å². The molecule has 0 aliphatic heterocycles. The van der Waals surface area contributed by atoms with Crippen LogP contribution in [0.3, 0.4) is 0 Å². The topological polar surface area (TPSA) is 92.9 Å². The second kappa shape index (κ2) is 6.57. The highest BCUT2D eigenvalue weighted by atomic mass is 79.9. The molecule has 0 aliphatic rings. The van der Waals surface area contributed by atoms with Crippen molar-refractivity contribution in [2.24, 2.45) is 0 Å². The van der Waals surface area contributed by atoms with Crippen LogP contribution in [0.5, 0.6) is 0 Å². The lowest BCUT2D eigenvalue weighted by Crippen LogP contribution is -2.44. The quantitative estimate of drug-likeness (QED) is 0.846. The first kappa shape index (κ1) is 17.3. The maximum atomic E-state index is 11.8. The molecular weight excluding hydrogens is 366 g/mol. The van der Waals surface area contributed by atoms with Gasteiger partial charge < -0.3 is 19.6 Å². The van der Waals surface area contributed by atoms with Gasteiger partial charge in [-0.2, -0.15) is 0 Å². The number of imidazole rings is 1. The first-order valence-electron chi connectivity index (χ1n) is 6.99. The van der Waals surface area contributed by atoms with E-state index < -0.39 is 23.7 Å². The Kier molecular flexibility index (Phi) is 4.93. The molecule has 7 nitrogen and oxygen atoms in total. The van der Waals surface area contributed by atoms with Gasteiger partial charge in [0.15, 0.2) is 0 Å². The van der Waals surface area contributed by atoms with Crippen molar-refractivity contribution in [2.75, 3.05) is 0 Å². The van der Waals surface area contributed by atoms with E-state index in [1.54, 1.807) is 31.4 Å². The number of amides is 1. The summed E-state index contributed by atoms with van der Waals surface area (Å²) in [6.07, 6.45) is 2.84. The van der Waals surface area contributed by atoms with Crippen molar-refractivity contribution >= 4 is 33.6 Å². The lowest BCUT2D eigenvalue weighted by atomic mass is 10.1. The number of alkyl carbamates (subject to hydrolysis) is 1. The molecule has 0 aromatic carbocycles. The zero-order chi connectivity index (χ0) is 17.2. The van der Waals surface area contributed by atoms with Crippen molar-refractivity contribution in [3.63, 3.8) is 0 Å². The monoisotopic (exact) mass is 383 g/mol. The molecule has 2 N–H and O–H groups in total. The fourth-order valence-electron chi connectivity index (χ4n) is 1.97. The van der Waals surface area contributed by atoms with Crippen LogP contribution < -0.4 is 5.32 Å². The minimum absolute atomic E-state index is 0.0634. The molecule has 0 bridgehead atoms. The van der Waals surface area contributed by atoms with Gasteiger partial charge in [0, 0.05) is 23.3 Å². The maximum Gasteiger partial charge on any atom is 0.408 e. The summed E-state index contributed by atoms with van der Waals surface area (Å²) < 4.78 is 7.75. The number of halogens is 1. The van der Waals surface area contributed by atoms with Crippen molar-refractivity contribution in [2.45, 2.75) is 38.8 Å². The van der Waals surface area contributed by atoms with E-state index in [-0.39, 0.29) is 6.42 Å². The molecule has 1 unspecified atom stereocenters. The van der Waals surface area contributed by atoms with Gasteiger partial charge in [-0.15, -0.1) is 0 Å². The predicted molar refractivity (Wildman–Crippen MR) is 87.4 cm³/mol. The zero-order valence-corrected chi connectivity index (χ0v) is 14.6. The molecule has 23 heavy (non-hydrogen) atoms. The van der Waals surface area contributed by atoms with Crippen molar-refractivity contribution in [3.05, 3.63) is 34.7 Å². The molecule has 0 radical (unpaired) electrons. The number of fused-ring (bicyclic) bond motifs is 1. The molecule has 0 saturated carbocycles. The molecule has 1 amide bonds. The van der Waals surface area contributed by atoms with Crippen LogP contribution in [-0.4, -0.2) is 38.2 Å². The number of aliphatic carboxylic acids is 1. The number of pyridine rings is 1. The molecular formula is C15H18BrN3O4. The minimum atomic E-state index is -1.14. The Labute approximate surface area is 141 Å². The van der Waals surface area contributed by atoms with Gasteiger partial charge in [-0.05, 0) is 32.9 Å². The Morgan fingerprint density at radius 1 is 1.48 bits per heavy atom. The average Bonchev–Trinajstić information content (AvgIpc) is 2.76. The lowest BCUT2D eigenvalue weighted by Gasteiger charge is -2.21. The molecule has 0 spiro atoms. The number of aromatic nitrogens is 2. The summed E-state index contributed by atoms with van der Waals surface area (Å²) in [7, 11) is 0. The molecule has 2 aromatic heterocycles. The third kappa shape index (κ3) is 4.95. The highest BCUT2D eigenvalue weighted by Gasteiger charge is 2.25. The highest BCUT2D eigenvalue weighted by Crippen LogP contribution is 2.14. The van der Waals surface area contributed by atoms with Gasteiger partial charge in [-0.1, -0.05) is 15.9 Å². The van der Waals surface area contributed by atoms with E-state index in [9.17, 15) is 14.7 Å². The fraction of sp³-hybridized carbons (Fsp3) is 0.400. The van der Waals surface area contributed by atoms with Gasteiger partial charge in [0.25, 0.3) is 0 Å². The first-order valence-corrected chi connectivity index (χ1v) is 7.79. The molecule has 2 aromatic rings. The Morgan fingerprint density at radius 2 is 2.17 bits per heavy atom. The van der Waals surface area contributed by atoms with Gasteiger partial charge in [-0.3, -0.25) is 0 Å². The van der Waals surface area contributed by atoms with E-state index in [2.05, 4.69) is 26.2 Å². The molecule has 2 rings (SSSR count). The van der Waals surface area contributed by atoms with Crippen LogP contribution >= 0.6 is 15.9 Å². The molecule has 124 valence electrons. The maximum absolute atomic E-state index is 11.8. The van der Waals surface area contributed by atoms with E-state index >= 15 is 0 Å². The van der Waals surface area contributed by atoms with Crippen LogP contribution in [0.2, 0.25) is 0 Å². The van der Waals surface area contributed by atoms with Gasteiger partial charge in [-0.25, -0.2) is 14.6 Å². The third-order valence-electron chi connectivity index (χ3n) is 2.87. The van der Waals surface area contributed by atoms with E-state index in [1.807, 2.05) is 18.3 Å². The Morgan fingerprint density at radius 3 is 2.78 bits per heavy atom. The summed E-state index contributed by atoms with van der Waals surface area (Å²) in [5.74, 6) is -1.14. The average molecular weight is 384 g/mol. The van der Waals surface area contributed by atoms with Crippen LogP contribution in [0.25, 0.3) is 5.65 Å². The van der Waals surface area contributed by atoms with Crippen molar-refractivity contribution < 1.29 is 19.4 Å². The predicted octanol–water partition coefficient (Wildman–Crippen LogP) is 2.62. The van der Waals surface area contributed by atoms with Gasteiger partial charge in [0.05, 0.1) is 5.69 Å². The largest absolute Gasteiger partial charge is 0.480 e. The van der Waals surface area contributed by atoms with Gasteiger partial charge in [0.2, 0.25) is 0 Å². The summed E-state index contributed by atoms with van der Waals surface area (Å²) in [6.45, 7) is 5.13. The van der Waals surface area contributed by atoms with Gasteiger partial charge in [0.1, 0.15) is 17.3 Å². The third-order valence-corrected chi connectivity index (χ3v) is 3.37. The number of nitrogens with zero attached hydrogens (tertiary/aromatic N) is 2. The van der Waals surface area contributed by atoms with Crippen LogP contribution in [0.15, 0.2) is 29.0 Å². The summed E-state index contributed by atoms with van der Waals surface area (Å²) in [5, 5.41) is 11.6. The van der Waals surface area contributed by atoms with E-state index in [0.717, 1.165) is 4.47 Å². The van der Waals surface area contributed by atoms with Crippen LogP contribution in [0, 0.1) is 0 Å². The number of carbonyl (C=O) groups excluding carboxylic acids is 1. The van der Waals surface area contributed by atoms with Crippen LogP contribution in [0.1, 0.15) is 26.5 Å². The summed E-state index contributed by atoms with van der Waals surface area (Å²) in [4.78, 5) is 27.5. The normalized spacial score (nSPS) is 12.9. The smallest absolute Gasteiger partial charge is 0.408 e. The molecule has 0 saturated heterocycles. The van der Waals surface area contributed by atoms with Crippen molar-refractivity contribution in [1.29, 1.82) is 0 Å². The molecule has 0 aliphatic carbocycles. The summed E-state index contributed by atoms with van der Waals surface area (Å²) in [5.41, 5.74) is 0.560. The van der Waals surface area contributed by atoms with Crippen molar-refractivity contribution in [1.82, 2.24) is 14.7 Å². The number of carboxylic acids is 1. The van der Waals surface area contributed by atoms with Crippen LogP contribution in [-0.2, 0) is 16.0 Å². The number of hydrogen-bond donors (Lipinski definition) is 2. The van der Waals surface area contributed by atoms with E-state index in [4.69, 9.17) is 4.74 Å². The Hall–Kier alpha value is -2.09. The SMILES string of the molecule is CC(C)(C)OC(=O)NC(Cc1cn2ccc(Br)cc2n1)C(=O)O. The van der Waals surface area contributed by atoms with Crippen molar-refractivity contribution in [3.8, 4) is 0 Å². The van der Waals surface area contributed by atoms with E-state index in [0.29, 0.717) is 11.3 Å². The summed E-state index contributed by atoms with van der Waals surface area (Å²) >= 11 is 3.36. The standard InChI is InChI=1S/C15H18BrN3O4/c1-15(2,3)23-14(22)18-11(13(20)21)7-10-8-19-5-4-9(16)6-12(19)17-10/h4-6,8,11H,7H2,1-3H3,(H,18,22)(H,20,21). The Bertz CT molecular complexity index is 736. The second-order valence-corrected chi connectivity index (χ2v) is 7.00. The molecule has 0 fully saturated rings. The lowest BCUT2D eigenvalue weighted by molar-refractivity contribution is -0.139. The number of carbonyl (C=O) groups is 2. The number of rotatable bonds is 4. The number of hydrogen-bond acceptors (Lipinski definition) is 4. The molecule has 2 heterocycles. The Balaban J connectivity index is 2.11. The zero-order valence-electron chi connectivity index (χ0n) is 13.0. The van der Waals surface area contributed by atoms with E-state index in [1.165, 1.54) is 0 Å².